The fourth-order valence-electron chi connectivity index (χ4n) is 2.80. The van der Waals surface area contributed by atoms with Crippen molar-refractivity contribution in [3.05, 3.63) is 81.9 Å². The van der Waals surface area contributed by atoms with Gasteiger partial charge in [-0.25, -0.2) is 0 Å². The van der Waals surface area contributed by atoms with E-state index in [0.29, 0.717) is 5.02 Å². The molecule has 1 atom stereocenters. The molecule has 0 spiro atoms. The molecular weight excluding hydrogens is 280 g/mol. The van der Waals surface area contributed by atoms with Crippen LogP contribution in [0.15, 0.2) is 54.6 Å². The zero-order valence-corrected chi connectivity index (χ0v) is 12.9. The van der Waals surface area contributed by atoms with Gasteiger partial charge < -0.3 is 5.11 Å². The summed E-state index contributed by atoms with van der Waals surface area (Å²) in [6, 6.07) is 18.0. The summed E-state index contributed by atoms with van der Waals surface area (Å²) in [4.78, 5) is 0. The topological polar surface area (TPSA) is 20.2 Å². The Morgan fingerprint density at radius 3 is 2.43 bits per heavy atom. The molecule has 1 nitrogen and oxygen atoms in total. The van der Waals surface area contributed by atoms with Crippen molar-refractivity contribution in [2.24, 2.45) is 0 Å². The molecule has 0 aromatic heterocycles. The van der Waals surface area contributed by atoms with Crippen LogP contribution < -0.4 is 0 Å². The number of halogens is 1. The van der Waals surface area contributed by atoms with Crippen LogP contribution in [-0.4, -0.2) is 5.11 Å². The first-order valence-electron chi connectivity index (χ1n) is 7.01. The first-order valence-corrected chi connectivity index (χ1v) is 7.38. The number of hydrogen-bond acceptors (Lipinski definition) is 1. The molecule has 3 rings (SSSR count). The fraction of sp³-hybridized carbons (Fsp3) is 0.158. The molecule has 0 aliphatic heterocycles. The van der Waals surface area contributed by atoms with Gasteiger partial charge in [-0.3, -0.25) is 0 Å². The maximum absolute atomic E-state index is 10.9. The van der Waals surface area contributed by atoms with E-state index < -0.39 is 6.10 Å². The van der Waals surface area contributed by atoms with E-state index >= 15 is 0 Å². The average Bonchev–Trinajstić information content (AvgIpc) is 2.49. The van der Waals surface area contributed by atoms with Crippen molar-refractivity contribution in [2.75, 3.05) is 0 Å². The molecule has 0 aliphatic carbocycles. The predicted octanol–water partition coefficient (Wildman–Crippen LogP) is 5.19. The molecule has 0 heterocycles. The molecule has 106 valence electrons. The van der Waals surface area contributed by atoms with E-state index in [1.54, 1.807) is 0 Å². The highest BCUT2D eigenvalue weighted by Crippen LogP contribution is 2.35. The normalized spacial score (nSPS) is 12.6. The highest BCUT2D eigenvalue weighted by Gasteiger charge is 2.19. The van der Waals surface area contributed by atoms with Crippen molar-refractivity contribution in [1.82, 2.24) is 0 Å². The monoisotopic (exact) mass is 296 g/mol. The first-order chi connectivity index (χ1) is 10.1. The second-order valence-corrected chi connectivity index (χ2v) is 5.78. The van der Waals surface area contributed by atoms with Gasteiger partial charge in [-0.2, -0.15) is 0 Å². The van der Waals surface area contributed by atoms with Crippen LogP contribution in [-0.2, 0) is 0 Å². The number of aliphatic hydroxyl groups is 1. The smallest absolute Gasteiger partial charge is 0.106 e. The average molecular weight is 297 g/mol. The first kappa shape index (κ1) is 14.1. The van der Waals surface area contributed by atoms with Crippen LogP contribution in [0.2, 0.25) is 5.02 Å². The highest BCUT2D eigenvalue weighted by molar-refractivity contribution is 6.32. The third-order valence-corrected chi connectivity index (χ3v) is 4.49. The van der Waals surface area contributed by atoms with Crippen molar-refractivity contribution in [2.45, 2.75) is 20.0 Å². The van der Waals surface area contributed by atoms with E-state index in [2.05, 4.69) is 12.1 Å². The lowest BCUT2D eigenvalue weighted by molar-refractivity contribution is 0.221. The molecule has 1 unspecified atom stereocenters. The number of rotatable bonds is 2. The van der Waals surface area contributed by atoms with Crippen molar-refractivity contribution in [3.63, 3.8) is 0 Å². The zero-order chi connectivity index (χ0) is 15.0. The van der Waals surface area contributed by atoms with Gasteiger partial charge in [0.2, 0.25) is 0 Å². The summed E-state index contributed by atoms with van der Waals surface area (Å²) in [5, 5.41) is 13.7. The summed E-state index contributed by atoms with van der Waals surface area (Å²) in [6.07, 6.45) is -0.719. The Kier molecular flexibility index (Phi) is 3.71. The molecule has 0 saturated carbocycles. The maximum atomic E-state index is 10.9. The van der Waals surface area contributed by atoms with Crippen molar-refractivity contribution < 1.29 is 5.11 Å². The summed E-state index contributed by atoms with van der Waals surface area (Å²) in [5.74, 6) is 0. The minimum absolute atomic E-state index is 0.636. The lowest BCUT2D eigenvalue weighted by Crippen LogP contribution is -2.04. The van der Waals surface area contributed by atoms with Gasteiger partial charge in [-0.1, -0.05) is 66.2 Å². The third-order valence-electron chi connectivity index (χ3n) is 3.98. The van der Waals surface area contributed by atoms with Gasteiger partial charge in [0.1, 0.15) is 6.10 Å². The van der Waals surface area contributed by atoms with Gasteiger partial charge in [-0.05, 0) is 41.3 Å². The second kappa shape index (κ2) is 5.51. The van der Waals surface area contributed by atoms with Crippen LogP contribution in [0, 0.1) is 13.8 Å². The van der Waals surface area contributed by atoms with E-state index in [9.17, 15) is 5.11 Å². The van der Waals surface area contributed by atoms with Crippen LogP contribution in [0.25, 0.3) is 10.8 Å². The molecule has 0 radical (unpaired) electrons. The molecule has 1 N–H and O–H groups in total. The molecule has 0 bridgehead atoms. The van der Waals surface area contributed by atoms with Crippen LogP contribution in [0.5, 0.6) is 0 Å². The predicted molar refractivity (Wildman–Crippen MR) is 88.9 cm³/mol. The van der Waals surface area contributed by atoms with Gasteiger partial charge in [0.05, 0.1) is 0 Å². The van der Waals surface area contributed by atoms with Gasteiger partial charge in [-0.15, -0.1) is 0 Å². The lowest BCUT2D eigenvalue weighted by atomic mass is 9.91. The summed E-state index contributed by atoms with van der Waals surface area (Å²) in [6.45, 7) is 3.98. The molecule has 0 amide bonds. The van der Waals surface area contributed by atoms with Gasteiger partial charge in [0.25, 0.3) is 0 Å². The second-order valence-electron chi connectivity index (χ2n) is 5.40. The molecule has 0 fully saturated rings. The van der Waals surface area contributed by atoms with Gasteiger partial charge in [0, 0.05) is 10.6 Å². The quantitative estimate of drug-likeness (QED) is 0.690. The maximum Gasteiger partial charge on any atom is 0.106 e. The van der Waals surface area contributed by atoms with Crippen LogP contribution in [0.3, 0.4) is 0 Å². The SMILES string of the molecule is Cc1cccc(C(O)c2c(C)ccc3ccccc23)c1Cl. The lowest BCUT2D eigenvalue weighted by Gasteiger charge is -2.19. The summed E-state index contributed by atoms with van der Waals surface area (Å²) < 4.78 is 0. The number of hydrogen-bond donors (Lipinski definition) is 1. The zero-order valence-electron chi connectivity index (χ0n) is 12.1. The van der Waals surface area contributed by atoms with Crippen LogP contribution in [0.4, 0.5) is 0 Å². The third kappa shape index (κ3) is 2.44. The minimum Gasteiger partial charge on any atom is -0.384 e. The van der Waals surface area contributed by atoms with E-state index in [-0.39, 0.29) is 0 Å². The standard InChI is InChI=1S/C19H17ClO/c1-12-10-11-14-7-3-4-8-15(14)17(12)19(21)16-9-5-6-13(2)18(16)20/h3-11,19,21H,1-2H3. The van der Waals surface area contributed by atoms with Crippen molar-refractivity contribution in [3.8, 4) is 0 Å². The Labute approximate surface area is 129 Å². The van der Waals surface area contributed by atoms with Crippen molar-refractivity contribution >= 4 is 22.4 Å². The molecule has 2 heteroatoms. The van der Waals surface area contributed by atoms with Crippen molar-refractivity contribution in [1.29, 1.82) is 0 Å². The minimum atomic E-state index is -0.719. The molecule has 3 aromatic carbocycles. The number of benzene rings is 3. The molecular formula is C19H17ClO. The molecule has 21 heavy (non-hydrogen) atoms. The molecule has 0 saturated heterocycles. The fourth-order valence-corrected chi connectivity index (χ4v) is 3.03. The Morgan fingerprint density at radius 2 is 1.62 bits per heavy atom. The highest BCUT2D eigenvalue weighted by atomic mass is 35.5. The Bertz CT molecular complexity index is 808. The van der Waals surface area contributed by atoms with Gasteiger partial charge >= 0.3 is 0 Å². The van der Waals surface area contributed by atoms with E-state index in [0.717, 1.165) is 33.0 Å². The number of fused-ring (bicyclic) bond motifs is 1. The van der Waals surface area contributed by atoms with Crippen LogP contribution >= 0.6 is 11.6 Å². The number of aliphatic hydroxyl groups excluding tert-OH is 1. The summed E-state index contributed by atoms with van der Waals surface area (Å²) >= 11 is 6.38. The summed E-state index contributed by atoms with van der Waals surface area (Å²) in [5.41, 5.74) is 3.74. The summed E-state index contributed by atoms with van der Waals surface area (Å²) in [7, 11) is 0. The Balaban J connectivity index is 2.24. The van der Waals surface area contributed by atoms with E-state index in [1.807, 2.05) is 56.3 Å². The van der Waals surface area contributed by atoms with E-state index in [1.165, 1.54) is 0 Å². The Morgan fingerprint density at radius 1 is 0.857 bits per heavy atom. The van der Waals surface area contributed by atoms with Gasteiger partial charge in [0.15, 0.2) is 0 Å². The largest absolute Gasteiger partial charge is 0.384 e. The van der Waals surface area contributed by atoms with E-state index in [4.69, 9.17) is 11.6 Å². The molecule has 0 aliphatic rings. The number of aryl methyl sites for hydroxylation is 2. The van der Waals surface area contributed by atoms with Crippen LogP contribution in [0.1, 0.15) is 28.4 Å². The Hall–Kier alpha value is -1.83. The molecule has 3 aromatic rings.